The highest BCUT2D eigenvalue weighted by molar-refractivity contribution is 6.10. The predicted octanol–water partition coefficient (Wildman–Crippen LogP) is 2.89. The molecule has 0 saturated carbocycles. The Bertz CT molecular complexity index is 1080. The van der Waals surface area contributed by atoms with Crippen LogP contribution in [-0.4, -0.2) is 62.5 Å². The van der Waals surface area contributed by atoms with E-state index >= 15 is 0 Å². The lowest BCUT2D eigenvalue weighted by atomic mass is 10.1. The van der Waals surface area contributed by atoms with Gasteiger partial charge in [-0.15, -0.1) is 0 Å². The van der Waals surface area contributed by atoms with Crippen molar-refractivity contribution in [3.8, 4) is 17.2 Å². The molecule has 0 aliphatic carbocycles. The molecule has 0 bridgehead atoms. The Kier molecular flexibility index (Phi) is 7.42. The van der Waals surface area contributed by atoms with Crippen LogP contribution in [0.1, 0.15) is 22.3 Å². The minimum Gasteiger partial charge on any atom is -0.493 e. The number of alkyl halides is 3. The molecule has 0 aromatic heterocycles. The number of aryl methyl sites for hydroxylation is 1. The summed E-state index contributed by atoms with van der Waals surface area (Å²) in [4.78, 5) is 38.6. The normalized spacial score (nSPS) is 17.7. The van der Waals surface area contributed by atoms with Crippen molar-refractivity contribution in [3.63, 3.8) is 0 Å². The molecule has 1 fully saturated rings. The zero-order valence-corrected chi connectivity index (χ0v) is 19.2. The lowest BCUT2D eigenvalue weighted by Crippen LogP contribution is -2.69. The molecule has 4 amide bonds. The molecule has 35 heavy (non-hydrogen) atoms. The molecule has 1 aliphatic heterocycles. The Morgan fingerprint density at radius 2 is 1.63 bits per heavy atom. The third-order valence-electron chi connectivity index (χ3n) is 5.45. The summed E-state index contributed by atoms with van der Waals surface area (Å²) in [5.74, 6) is -2.76. The monoisotopic (exact) mass is 495 g/mol. The third kappa shape index (κ3) is 4.96. The summed E-state index contributed by atoms with van der Waals surface area (Å²) in [6, 6.07) is 10.1. The number of benzene rings is 2. The Labute approximate surface area is 199 Å². The first-order valence-electron chi connectivity index (χ1n) is 10.4. The van der Waals surface area contributed by atoms with E-state index in [0.717, 1.165) is 17.7 Å². The van der Waals surface area contributed by atoms with Gasteiger partial charge in [0.05, 0.1) is 21.3 Å². The molecular formula is C23H24F3N3O6. The number of hydrogen-bond donors (Lipinski definition) is 2. The Hall–Kier alpha value is -3.96. The van der Waals surface area contributed by atoms with Crippen molar-refractivity contribution in [3.05, 3.63) is 53.6 Å². The van der Waals surface area contributed by atoms with Gasteiger partial charge in [0.15, 0.2) is 11.5 Å². The van der Waals surface area contributed by atoms with Crippen LogP contribution in [0.4, 0.5) is 18.0 Å². The number of nitrogens with zero attached hydrogens (tertiary/aromatic N) is 1. The van der Waals surface area contributed by atoms with Crippen LogP contribution in [0.2, 0.25) is 0 Å². The topological polar surface area (TPSA) is 106 Å². The summed E-state index contributed by atoms with van der Waals surface area (Å²) in [5, 5.41) is 3.30. The molecular weight excluding hydrogens is 471 g/mol. The van der Waals surface area contributed by atoms with Gasteiger partial charge in [0.1, 0.15) is 0 Å². The maximum atomic E-state index is 14.1. The molecule has 1 heterocycles. The van der Waals surface area contributed by atoms with Gasteiger partial charge in [-0.25, -0.2) is 4.79 Å². The van der Waals surface area contributed by atoms with Crippen molar-refractivity contribution in [2.24, 2.45) is 0 Å². The SMILES string of the molecule is COc1cc(C(=O)N[C@]2(C(F)(F)F)NC(=O)N(CCCc3ccccc3)C2=O)cc(OC)c1OC. The summed E-state index contributed by atoms with van der Waals surface area (Å²) < 4.78 is 57.8. The van der Waals surface area contributed by atoms with E-state index in [2.05, 4.69) is 0 Å². The number of methoxy groups -OCH3 is 3. The first kappa shape index (κ1) is 25.7. The maximum Gasteiger partial charge on any atom is 0.440 e. The van der Waals surface area contributed by atoms with Gasteiger partial charge in [0, 0.05) is 12.1 Å². The van der Waals surface area contributed by atoms with Gasteiger partial charge in [0.2, 0.25) is 5.75 Å². The van der Waals surface area contributed by atoms with Gasteiger partial charge in [0.25, 0.3) is 17.5 Å². The molecule has 9 nitrogen and oxygen atoms in total. The molecule has 1 saturated heterocycles. The number of nitrogens with one attached hydrogen (secondary N) is 2. The highest BCUT2D eigenvalue weighted by atomic mass is 19.4. The molecule has 188 valence electrons. The fraction of sp³-hybridized carbons (Fsp3) is 0.348. The number of carbonyl (C=O) groups is 3. The number of carbonyl (C=O) groups excluding carboxylic acids is 3. The first-order chi connectivity index (χ1) is 16.6. The molecule has 1 atom stereocenters. The second-order valence-corrected chi connectivity index (χ2v) is 7.59. The molecule has 1 aliphatic rings. The summed E-state index contributed by atoms with van der Waals surface area (Å²) in [6.07, 6.45) is -4.66. The highest BCUT2D eigenvalue weighted by Gasteiger charge is 2.68. The lowest BCUT2D eigenvalue weighted by molar-refractivity contribution is -0.200. The van der Waals surface area contributed by atoms with Gasteiger partial charge < -0.3 is 19.5 Å². The second-order valence-electron chi connectivity index (χ2n) is 7.59. The Morgan fingerprint density at radius 3 is 2.14 bits per heavy atom. The number of rotatable bonds is 9. The van der Waals surface area contributed by atoms with Crippen LogP contribution in [0.5, 0.6) is 17.2 Å². The fourth-order valence-corrected chi connectivity index (χ4v) is 3.67. The van der Waals surface area contributed by atoms with Crippen molar-refractivity contribution < 1.29 is 41.8 Å². The van der Waals surface area contributed by atoms with Crippen LogP contribution in [0.15, 0.2) is 42.5 Å². The quantitative estimate of drug-likeness (QED) is 0.519. The van der Waals surface area contributed by atoms with E-state index in [1.807, 2.05) is 18.2 Å². The van der Waals surface area contributed by atoms with E-state index in [9.17, 15) is 27.6 Å². The predicted molar refractivity (Wildman–Crippen MR) is 117 cm³/mol. The van der Waals surface area contributed by atoms with Crippen molar-refractivity contribution in [1.29, 1.82) is 0 Å². The van der Waals surface area contributed by atoms with Crippen molar-refractivity contribution in [2.45, 2.75) is 24.7 Å². The number of urea groups is 1. The van der Waals surface area contributed by atoms with Crippen molar-refractivity contribution in [2.75, 3.05) is 27.9 Å². The maximum absolute atomic E-state index is 14.1. The van der Waals surface area contributed by atoms with Crippen LogP contribution in [0, 0.1) is 0 Å². The number of imide groups is 1. The number of ether oxygens (including phenoxy) is 3. The molecule has 2 N–H and O–H groups in total. The summed E-state index contributed by atoms with van der Waals surface area (Å²) in [5.41, 5.74) is -3.04. The minimum absolute atomic E-state index is 0.0161. The molecule has 2 aromatic rings. The number of hydrogen-bond acceptors (Lipinski definition) is 6. The molecule has 0 unspecified atom stereocenters. The van der Waals surface area contributed by atoms with E-state index < -0.39 is 29.7 Å². The van der Waals surface area contributed by atoms with Gasteiger partial charge in [-0.2, -0.15) is 13.2 Å². The van der Waals surface area contributed by atoms with Gasteiger partial charge in [-0.1, -0.05) is 30.3 Å². The van der Waals surface area contributed by atoms with Crippen LogP contribution < -0.4 is 24.8 Å². The highest BCUT2D eigenvalue weighted by Crippen LogP contribution is 2.39. The molecule has 12 heteroatoms. The van der Waals surface area contributed by atoms with Crippen LogP contribution in [-0.2, 0) is 11.2 Å². The number of amides is 4. The van der Waals surface area contributed by atoms with Gasteiger partial charge >= 0.3 is 12.2 Å². The average Bonchev–Trinajstić information content (AvgIpc) is 3.08. The molecule has 0 spiro atoms. The average molecular weight is 495 g/mol. The zero-order valence-electron chi connectivity index (χ0n) is 19.2. The summed E-state index contributed by atoms with van der Waals surface area (Å²) in [6.45, 7) is -0.266. The van der Waals surface area contributed by atoms with Crippen molar-refractivity contribution >= 4 is 17.8 Å². The Morgan fingerprint density at radius 1 is 1.03 bits per heavy atom. The standard InChI is InChI=1S/C23H24F3N3O6/c1-33-16-12-15(13-17(34-2)18(16)35-3)19(30)27-22(23(24,25)26)20(31)29(21(32)28-22)11-7-10-14-8-5-4-6-9-14/h4-6,8-9,12-13H,7,10-11H2,1-3H3,(H,27,30)(H,28,32)/t22-/m0/s1. The van der Waals surface area contributed by atoms with Crippen LogP contribution >= 0.6 is 0 Å². The Balaban J connectivity index is 1.85. The zero-order chi connectivity index (χ0) is 25.8. The molecule has 2 aromatic carbocycles. The smallest absolute Gasteiger partial charge is 0.440 e. The van der Waals surface area contributed by atoms with E-state index in [-0.39, 0.29) is 35.8 Å². The van der Waals surface area contributed by atoms with Crippen LogP contribution in [0.25, 0.3) is 0 Å². The third-order valence-corrected chi connectivity index (χ3v) is 5.45. The second kappa shape index (κ2) is 10.1. The van der Waals surface area contributed by atoms with E-state index in [1.165, 1.54) is 21.3 Å². The largest absolute Gasteiger partial charge is 0.493 e. The van der Waals surface area contributed by atoms with E-state index in [4.69, 9.17) is 14.2 Å². The number of halogens is 3. The van der Waals surface area contributed by atoms with Crippen molar-refractivity contribution in [1.82, 2.24) is 15.5 Å². The van der Waals surface area contributed by atoms with Gasteiger partial charge in [-0.05, 0) is 30.5 Å². The molecule has 3 rings (SSSR count). The lowest BCUT2D eigenvalue weighted by Gasteiger charge is -2.30. The first-order valence-corrected chi connectivity index (χ1v) is 10.4. The van der Waals surface area contributed by atoms with Crippen LogP contribution in [0.3, 0.4) is 0 Å². The molecule has 0 radical (unpaired) electrons. The van der Waals surface area contributed by atoms with Gasteiger partial charge in [-0.3, -0.25) is 19.8 Å². The fourth-order valence-electron chi connectivity index (χ4n) is 3.67. The summed E-state index contributed by atoms with van der Waals surface area (Å²) >= 11 is 0. The van der Waals surface area contributed by atoms with E-state index in [0.29, 0.717) is 11.3 Å². The minimum atomic E-state index is -5.33. The summed E-state index contributed by atoms with van der Waals surface area (Å²) in [7, 11) is 3.85. The van der Waals surface area contributed by atoms with E-state index in [1.54, 1.807) is 22.8 Å².